The molecule has 0 saturated carbocycles. The molecule has 26 heavy (non-hydrogen) atoms. The Balaban J connectivity index is 1.79. The van der Waals surface area contributed by atoms with Crippen LogP contribution in [0.3, 0.4) is 0 Å². The quantitative estimate of drug-likeness (QED) is 0.548. The van der Waals surface area contributed by atoms with E-state index in [0.717, 1.165) is 34.6 Å². The van der Waals surface area contributed by atoms with Gasteiger partial charge in [0.05, 0.1) is 12.8 Å². The third kappa shape index (κ3) is 2.37. The second kappa shape index (κ2) is 5.99. The summed E-state index contributed by atoms with van der Waals surface area (Å²) < 4.78 is 7.21. The second-order valence-corrected chi connectivity index (χ2v) is 6.66. The Kier molecular flexibility index (Phi) is 3.49. The average Bonchev–Trinajstić information content (AvgIpc) is 3.31. The molecule has 2 aromatic carbocycles. The van der Waals surface area contributed by atoms with Gasteiger partial charge >= 0.3 is 0 Å². The molecule has 0 unspecified atom stereocenters. The molecule has 0 N–H and O–H groups in total. The minimum Gasteiger partial charge on any atom is -0.480 e. The van der Waals surface area contributed by atoms with E-state index < -0.39 is 0 Å². The highest BCUT2D eigenvalue weighted by Crippen LogP contribution is 2.35. The largest absolute Gasteiger partial charge is 0.480 e. The first-order valence-electron chi connectivity index (χ1n) is 8.95. The van der Waals surface area contributed by atoms with Gasteiger partial charge < -0.3 is 4.74 Å². The zero-order valence-electron chi connectivity index (χ0n) is 14.6. The standard InChI is InChI=1S/C22H19N3O/c1-26-20-13-12-19-23-21(18-11-10-15-8-5-9-17(15)14-18)22(25(19)24-20)16-6-3-2-4-7-16/h2-4,6-7,10-14H,5,8-9H2,1H3. The summed E-state index contributed by atoms with van der Waals surface area (Å²) in [6.07, 6.45) is 3.59. The first-order valence-corrected chi connectivity index (χ1v) is 8.95. The Morgan fingerprint density at radius 3 is 2.58 bits per heavy atom. The van der Waals surface area contributed by atoms with Crippen molar-refractivity contribution in [3.63, 3.8) is 0 Å². The monoisotopic (exact) mass is 341 g/mol. The molecule has 0 amide bonds. The van der Waals surface area contributed by atoms with E-state index in [0.29, 0.717) is 5.88 Å². The summed E-state index contributed by atoms with van der Waals surface area (Å²) in [5.41, 5.74) is 7.94. The summed E-state index contributed by atoms with van der Waals surface area (Å²) in [6.45, 7) is 0. The van der Waals surface area contributed by atoms with Gasteiger partial charge in [-0.15, -0.1) is 5.10 Å². The summed E-state index contributed by atoms with van der Waals surface area (Å²) in [7, 11) is 1.63. The Bertz CT molecular complexity index is 1100. The lowest BCUT2D eigenvalue weighted by atomic mass is 10.0. The zero-order valence-corrected chi connectivity index (χ0v) is 14.6. The molecular weight excluding hydrogens is 322 g/mol. The van der Waals surface area contributed by atoms with Crippen LogP contribution in [0.1, 0.15) is 17.5 Å². The Hall–Kier alpha value is -3.14. The van der Waals surface area contributed by atoms with E-state index in [1.54, 1.807) is 7.11 Å². The van der Waals surface area contributed by atoms with Crippen molar-refractivity contribution in [2.24, 2.45) is 0 Å². The fraction of sp³-hybridized carbons (Fsp3) is 0.182. The number of methoxy groups -OCH3 is 1. The molecule has 2 aromatic heterocycles. The zero-order chi connectivity index (χ0) is 17.5. The van der Waals surface area contributed by atoms with Gasteiger partial charge in [0.2, 0.25) is 5.88 Å². The summed E-state index contributed by atoms with van der Waals surface area (Å²) in [5.74, 6) is 0.576. The predicted molar refractivity (Wildman–Crippen MR) is 102 cm³/mol. The van der Waals surface area contributed by atoms with Crippen LogP contribution in [-0.2, 0) is 12.8 Å². The molecule has 128 valence electrons. The molecule has 4 nitrogen and oxygen atoms in total. The highest BCUT2D eigenvalue weighted by Gasteiger charge is 2.19. The lowest BCUT2D eigenvalue weighted by Gasteiger charge is -2.07. The first-order chi connectivity index (χ1) is 12.8. The van der Waals surface area contributed by atoms with Crippen molar-refractivity contribution in [3.8, 4) is 28.4 Å². The summed E-state index contributed by atoms with van der Waals surface area (Å²) in [6, 6.07) is 20.9. The molecule has 4 aromatic rings. The molecule has 0 fully saturated rings. The van der Waals surface area contributed by atoms with Crippen LogP contribution in [0.4, 0.5) is 0 Å². The second-order valence-electron chi connectivity index (χ2n) is 6.66. The van der Waals surface area contributed by atoms with Crippen LogP contribution >= 0.6 is 0 Å². The highest BCUT2D eigenvalue weighted by atomic mass is 16.5. The number of hydrogen-bond donors (Lipinski definition) is 0. The molecule has 5 rings (SSSR count). The third-order valence-electron chi connectivity index (χ3n) is 5.08. The molecule has 2 heterocycles. The molecule has 0 radical (unpaired) electrons. The lowest BCUT2D eigenvalue weighted by molar-refractivity contribution is 0.390. The molecule has 0 bridgehead atoms. The molecule has 1 aliphatic rings. The van der Waals surface area contributed by atoms with E-state index >= 15 is 0 Å². The van der Waals surface area contributed by atoms with Crippen LogP contribution in [-0.4, -0.2) is 21.7 Å². The minimum absolute atomic E-state index is 0.576. The predicted octanol–water partition coefficient (Wildman–Crippen LogP) is 4.56. The fourth-order valence-electron chi connectivity index (χ4n) is 3.80. The van der Waals surface area contributed by atoms with E-state index in [9.17, 15) is 0 Å². The van der Waals surface area contributed by atoms with E-state index in [2.05, 4.69) is 35.4 Å². The Labute approximate surface area is 152 Å². The van der Waals surface area contributed by atoms with Gasteiger partial charge in [-0.2, -0.15) is 0 Å². The van der Waals surface area contributed by atoms with Crippen molar-refractivity contribution in [2.75, 3.05) is 7.11 Å². The number of imidazole rings is 1. The van der Waals surface area contributed by atoms with Crippen LogP contribution in [0.25, 0.3) is 28.2 Å². The molecule has 4 heteroatoms. The minimum atomic E-state index is 0.576. The van der Waals surface area contributed by atoms with Crippen LogP contribution in [0, 0.1) is 0 Å². The van der Waals surface area contributed by atoms with Gasteiger partial charge in [-0.1, -0.05) is 42.5 Å². The van der Waals surface area contributed by atoms with Crippen LogP contribution in [0.5, 0.6) is 5.88 Å². The maximum absolute atomic E-state index is 5.33. The first kappa shape index (κ1) is 15.1. The van der Waals surface area contributed by atoms with Gasteiger partial charge in [0.15, 0.2) is 5.65 Å². The number of aryl methyl sites for hydroxylation is 2. The van der Waals surface area contributed by atoms with Crippen molar-refractivity contribution < 1.29 is 4.74 Å². The maximum atomic E-state index is 5.33. The van der Waals surface area contributed by atoms with E-state index in [1.807, 2.05) is 34.8 Å². The van der Waals surface area contributed by atoms with E-state index in [1.165, 1.54) is 24.0 Å². The topological polar surface area (TPSA) is 39.4 Å². The lowest BCUT2D eigenvalue weighted by Crippen LogP contribution is -1.97. The summed E-state index contributed by atoms with van der Waals surface area (Å²) >= 11 is 0. The number of rotatable bonds is 3. The molecule has 0 saturated heterocycles. The maximum Gasteiger partial charge on any atom is 0.231 e. The summed E-state index contributed by atoms with van der Waals surface area (Å²) in [5, 5.41) is 4.62. The number of fused-ring (bicyclic) bond motifs is 2. The number of hydrogen-bond acceptors (Lipinski definition) is 3. The third-order valence-corrected chi connectivity index (χ3v) is 5.08. The van der Waals surface area contributed by atoms with Crippen molar-refractivity contribution >= 4 is 5.65 Å². The molecule has 0 spiro atoms. The van der Waals surface area contributed by atoms with Crippen LogP contribution < -0.4 is 4.74 Å². The van der Waals surface area contributed by atoms with Crippen LogP contribution in [0.15, 0.2) is 60.7 Å². The molecule has 0 atom stereocenters. The molecule has 0 aliphatic heterocycles. The Morgan fingerprint density at radius 2 is 1.73 bits per heavy atom. The smallest absolute Gasteiger partial charge is 0.231 e. The fourth-order valence-corrected chi connectivity index (χ4v) is 3.80. The van der Waals surface area contributed by atoms with Gasteiger partial charge in [-0.3, -0.25) is 0 Å². The van der Waals surface area contributed by atoms with E-state index in [4.69, 9.17) is 9.72 Å². The Morgan fingerprint density at radius 1 is 0.885 bits per heavy atom. The van der Waals surface area contributed by atoms with Crippen molar-refractivity contribution in [1.82, 2.24) is 14.6 Å². The van der Waals surface area contributed by atoms with Gasteiger partial charge in [0.1, 0.15) is 5.69 Å². The van der Waals surface area contributed by atoms with Gasteiger partial charge in [0.25, 0.3) is 0 Å². The number of benzene rings is 2. The number of ether oxygens (including phenoxy) is 1. The van der Waals surface area contributed by atoms with Crippen LogP contribution in [0.2, 0.25) is 0 Å². The highest BCUT2D eigenvalue weighted by molar-refractivity contribution is 5.82. The SMILES string of the molecule is COc1ccc2nc(-c3ccc4c(c3)CCC4)c(-c3ccccc3)n2n1. The van der Waals surface area contributed by atoms with Crippen molar-refractivity contribution in [1.29, 1.82) is 0 Å². The number of nitrogens with zero attached hydrogens (tertiary/aromatic N) is 3. The molecular formula is C22H19N3O. The normalized spacial score (nSPS) is 13.1. The number of aromatic nitrogens is 3. The van der Waals surface area contributed by atoms with Gasteiger partial charge in [-0.25, -0.2) is 9.50 Å². The van der Waals surface area contributed by atoms with E-state index in [-0.39, 0.29) is 0 Å². The van der Waals surface area contributed by atoms with Crippen molar-refractivity contribution in [3.05, 3.63) is 71.8 Å². The van der Waals surface area contributed by atoms with Gasteiger partial charge in [0, 0.05) is 17.2 Å². The van der Waals surface area contributed by atoms with Gasteiger partial charge in [-0.05, 0) is 42.5 Å². The average molecular weight is 341 g/mol. The molecule has 1 aliphatic carbocycles. The summed E-state index contributed by atoms with van der Waals surface area (Å²) in [4.78, 5) is 4.91. The van der Waals surface area contributed by atoms with Crippen molar-refractivity contribution in [2.45, 2.75) is 19.3 Å².